The summed E-state index contributed by atoms with van der Waals surface area (Å²) in [5.41, 5.74) is 2.52. The van der Waals surface area contributed by atoms with Gasteiger partial charge in [0, 0.05) is 23.4 Å². The third-order valence-electron chi connectivity index (χ3n) is 7.60. The maximum atomic E-state index is 12.5. The molecule has 4 aromatic carbocycles. The normalized spacial score (nSPS) is 17.1. The number of piperidine rings is 1. The van der Waals surface area contributed by atoms with E-state index in [4.69, 9.17) is 35.4 Å². The maximum Gasteiger partial charge on any atom is 0.528 e. The first-order valence-corrected chi connectivity index (χ1v) is 15.3. The standard InChI is InChI=1S/C36H38ClNO7/c1-36(2,3)44-35(40)45-38-20-19-28(26-15-13-24(14-16-26)22-43-34(39)30-11-7-8-12-31(30)37)32(21-38)42-23-27-18-17-25-9-5-6-10-29(25)33(27)41-4/h5-18,28,32H,19-23H2,1-4H3. The first-order valence-electron chi connectivity index (χ1n) is 14.9. The molecule has 0 aromatic heterocycles. The van der Waals surface area contributed by atoms with E-state index in [2.05, 4.69) is 6.07 Å². The number of hydroxylamine groups is 2. The molecule has 45 heavy (non-hydrogen) atoms. The van der Waals surface area contributed by atoms with E-state index in [-0.39, 0.29) is 18.6 Å². The highest BCUT2D eigenvalue weighted by atomic mass is 35.5. The molecule has 1 saturated heterocycles. The van der Waals surface area contributed by atoms with Gasteiger partial charge < -0.3 is 23.8 Å². The molecule has 1 aliphatic heterocycles. The van der Waals surface area contributed by atoms with E-state index in [1.165, 1.54) is 0 Å². The van der Waals surface area contributed by atoms with Crippen LogP contribution in [-0.4, -0.2) is 49.1 Å². The van der Waals surface area contributed by atoms with E-state index in [1.807, 2.05) is 54.6 Å². The summed E-state index contributed by atoms with van der Waals surface area (Å²) < 4.78 is 23.2. The van der Waals surface area contributed by atoms with Crippen molar-refractivity contribution in [2.24, 2.45) is 0 Å². The number of ether oxygens (including phenoxy) is 4. The molecule has 0 aliphatic carbocycles. The van der Waals surface area contributed by atoms with Gasteiger partial charge in [-0.15, -0.1) is 5.06 Å². The van der Waals surface area contributed by atoms with Crippen molar-refractivity contribution in [1.82, 2.24) is 5.06 Å². The molecule has 9 heteroatoms. The number of methoxy groups -OCH3 is 1. The molecule has 0 amide bonds. The summed E-state index contributed by atoms with van der Waals surface area (Å²) in [5, 5.41) is 4.06. The van der Waals surface area contributed by atoms with Crippen LogP contribution in [0.25, 0.3) is 10.8 Å². The molecule has 0 saturated carbocycles. The number of esters is 1. The molecule has 1 fully saturated rings. The van der Waals surface area contributed by atoms with Crippen LogP contribution in [0.15, 0.2) is 84.9 Å². The van der Waals surface area contributed by atoms with Gasteiger partial charge in [-0.25, -0.2) is 9.59 Å². The smallest absolute Gasteiger partial charge is 0.496 e. The van der Waals surface area contributed by atoms with E-state index in [9.17, 15) is 9.59 Å². The lowest BCUT2D eigenvalue weighted by atomic mass is 9.87. The van der Waals surface area contributed by atoms with E-state index in [0.29, 0.717) is 36.7 Å². The van der Waals surface area contributed by atoms with Crippen LogP contribution in [0.4, 0.5) is 4.79 Å². The molecular formula is C36H38ClNO7. The number of halogens is 1. The van der Waals surface area contributed by atoms with Crippen LogP contribution in [0, 0.1) is 0 Å². The van der Waals surface area contributed by atoms with Gasteiger partial charge in [0.25, 0.3) is 0 Å². The van der Waals surface area contributed by atoms with Gasteiger partial charge in [0.2, 0.25) is 0 Å². The molecule has 8 nitrogen and oxygen atoms in total. The Morgan fingerprint density at radius 1 is 0.911 bits per heavy atom. The van der Waals surface area contributed by atoms with Crippen LogP contribution in [0.5, 0.6) is 5.75 Å². The molecule has 5 rings (SSSR count). The zero-order valence-electron chi connectivity index (χ0n) is 26.0. The molecule has 1 heterocycles. The predicted molar refractivity (Wildman–Crippen MR) is 172 cm³/mol. The summed E-state index contributed by atoms with van der Waals surface area (Å²) >= 11 is 6.14. The van der Waals surface area contributed by atoms with Crippen molar-refractivity contribution in [2.75, 3.05) is 20.2 Å². The second-order valence-corrected chi connectivity index (χ2v) is 12.4. The first-order chi connectivity index (χ1) is 21.6. The molecule has 0 spiro atoms. The van der Waals surface area contributed by atoms with Crippen molar-refractivity contribution >= 4 is 34.5 Å². The Hall–Kier alpha value is -4.11. The van der Waals surface area contributed by atoms with Crippen LogP contribution in [0.1, 0.15) is 60.2 Å². The molecule has 0 bridgehead atoms. The average molecular weight is 632 g/mol. The number of carbonyl (C=O) groups is 2. The van der Waals surface area contributed by atoms with Crippen molar-refractivity contribution in [3.63, 3.8) is 0 Å². The van der Waals surface area contributed by atoms with E-state index in [1.54, 1.807) is 57.2 Å². The summed E-state index contributed by atoms with van der Waals surface area (Å²) in [6.07, 6.45) is -0.365. The van der Waals surface area contributed by atoms with Crippen molar-refractivity contribution < 1.29 is 33.4 Å². The molecule has 236 valence electrons. The molecule has 0 N–H and O–H groups in total. The molecule has 2 unspecified atom stereocenters. The van der Waals surface area contributed by atoms with Crippen LogP contribution in [0.2, 0.25) is 5.02 Å². The molecule has 2 atom stereocenters. The number of benzene rings is 4. The lowest BCUT2D eigenvalue weighted by Gasteiger charge is -2.37. The van der Waals surface area contributed by atoms with Gasteiger partial charge in [-0.1, -0.05) is 84.4 Å². The third kappa shape index (κ3) is 8.34. The zero-order valence-corrected chi connectivity index (χ0v) is 26.7. The van der Waals surface area contributed by atoms with Crippen molar-refractivity contribution in [2.45, 2.75) is 58.0 Å². The Kier molecular flexibility index (Phi) is 10.3. The fourth-order valence-electron chi connectivity index (χ4n) is 5.45. The topological polar surface area (TPSA) is 83.5 Å². The quantitative estimate of drug-likeness (QED) is 0.171. The van der Waals surface area contributed by atoms with Gasteiger partial charge in [0.05, 0.1) is 37.0 Å². The van der Waals surface area contributed by atoms with Gasteiger partial charge in [-0.2, -0.15) is 0 Å². The van der Waals surface area contributed by atoms with Crippen molar-refractivity contribution in [1.29, 1.82) is 0 Å². The van der Waals surface area contributed by atoms with Crippen LogP contribution < -0.4 is 4.74 Å². The minimum atomic E-state index is -0.744. The number of hydrogen-bond acceptors (Lipinski definition) is 8. The Morgan fingerprint density at radius 2 is 1.64 bits per heavy atom. The van der Waals surface area contributed by atoms with Gasteiger partial charge in [-0.05, 0) is 55.8 Å². The molecule has 1 aliphatic rings. The van der Waals surface area contributed by atoms with Gasteiger partial charge >= 0.3 is 12.1 Å². The highest BCUT2D eigenvalue weighted by Gasteiger charge is 2.34. The predicted octanol–water partition coefficient (Wildman–Crippen LogP) is 8.10. The summed E-state index contributed by atoms with van der Waals surface area (Å²) in [6, 6.07) is 26.9. The summed E-state index contributed by atoms with van der Waals surface area (Å²) in [5.74, 6) is 0.326. The van der Waals surface area contributed by atoms with Crippen LogP contribution >= 0.6 is 11.6 Å². The lowest BCUT2D eigenvalue weighted by Crippen LogP contribution is -2.45. The average Bonchev–Trinajstić information content (AvgIpc) is 3.02. The van der Waals surface area contributed by atoms with Gasteiger partial charge in [0.15, 0.2) is 0 Å². The Balaban J connectivity index is 1.30. The number of nitrogens with zero attached hydrogens (tertiary/aromatic N) is 1. The van der Waals surface area contributed by atoms with E-state index >= 15 is 0 Å². The minimum Gasteiger partial charge on any atom is -0.496 e. The third-order valence-corrected chi connectivity index (χ3v) is 7.93. The number of rotatable bonds is 9. The maximum absolute atomic E-state index is 12.5. The Morgan fingerprint density at radius 3 is 2.38 bits per heavy atom. The monoisotopic (exact) mass is 631 g/mol. The minimum absolute atomic E-state index is 0.0228. The SMILES string of the molecule is COc1c(COC2CN(OC(=O)OC(C)(C)C)CCC2c2ccc(COC(=O)c3ccccc3Cl)cc2)ccc2ccccc12. The Labute approximate surface area is 268 Å². The fraction of sp³-hybridized carbons (Fsp3) is 0.333. The van der Waals surface area contributed by atoms with Crippen LogP contribution in [0.3, 0.4) is 0 Å². The largest absolute Gasteiger partial charge is 0.528 e. The lowest BCUT2D eigenvalue weighted by molar-refractivity contribution is -0.179. The molecule has 4 aromatic rings. The highest BCUT2D eigenvalue weighted by Crippen LogP contribution is 2.34. The van der Waals surface area contributed by atoms with Gasteiger partial charge in [-0.3, -0.25) is 0 Å². The fourth-order valence-corrected chi connectivity index (χ4v) is 5.66. The molecular weight excluding hydrogens is 594 g/mol. The number of hydrogen-bond donors (Lipinski definition) is 0. The number of fused-ring (bicyclic) bond motifs is 1. The molecule has 0 radical (unpaired) electrons. The summed E-state index contributed by atoms with van der Waals surface area (Å²) in [4.78, 5) is 30.5. The second-order valence-electron chi connectivity index (χ2n) is 12.0. The van der Waals surface area contributed by atoms with Crippen LogP contribution in [-0.2, 0) is 32.3 Å². The second kappa shape index (κ2) is 14.3. The van der Waals surface area contributed by atoms with E-state index in [0.717, 1.165) is 33.2 Å². The highest BCUT2D eigenvalue weighted by molar-refractivity contribution is 6.33. The zero-order chi connectivity index (χ0) is 32.0. The van der Waals surface area contributed by atoms with Crippen molar-refractivity contribution in [3.8, 4) is 5.75 Å². The summed E-state index contributed by atoms with van der Waals surface area (Å²) in [7, 11) is 1.67. The Bertz CT molecular complexity index is 1630. The van der Waals surface area contributed by atoms with E-state index < -0.39 is 17.7 Å². The van der Waals surface area contributed by atoms with Crippen molar-refractivity contribution in [3.05, 3.63) is 112 Å². The summed E-state index contributed by atoms with van der Waals surface area (Å²) in [6.45, 7) is 6.69. The first kappa shape index (κ1) is 32.3. The number of carbonyl (C=O) groups excluding carboxylic acids is 2. The van der Waals surface area contributed by atoms with Gasteiger partial charge in [0.1, 0.15) is 18.0 Å².